The molecule has 0 bridgehead atoms. The molecule has 2 aromatic carbocycles. The van der Waals surface area contributed by atoms with Gasteiger partial charge in [-0.1, -0.05) is 24.3 Å². The monoisotopic (exact) mass is 272 g/mol. The summed E-state index contributed by atoms with van der Waals surface area (Å²) in [6.45, 7) is 1.10. The third-order valence-electron chi connectivity index (χ3n) is 2.86. The van der Waals surface area contributed by atoms with Gasteiger partial charge in [-0.3, -0.25) is 10.1 Å². The van der Waals surface area contributed by atoms with E-state index in [1.807, 2.05) is 30.3 Å². The minimum Gasteiger partial charge on any atom is -0.381 e. The van der Waals surface area contributed by atoms with Crippen LogP contribution in [0.5, 0.6) is 0 Å². The van der Waals surface area contributed by atoms with Crippen molar-refractivity contribution in [3.05, 3.63) is 69.8 Å². The molecule has 0 aliphatic heterocycles. The Morgan fingerprint density at radius 2 is 1.90 bits per heavy atom. The molecule has 20 heavy (non-hydrogen) atoms. The van der Waals surface area contributed by atoms with Crippen LogP contribution in [0.25, 0.3) is 0 Å². The van der Waals surface area contributed by atoms with Crippen molar-refractivity contribution in [1.29, 1.82) is 0 Å². The van der Waals surface area contributed by atoms with Crippen LogP contribution in [0.3, 0.4) is 0 Å². The van der Waals surface area contributed by atoms with Crippen molar-refractivity contribution < 1.29 is 9.66 Å². The lowest BCUT2D eigenvalue weighted by molar-refractivity contribution is -0.384. The second-order valence-corrected chi connectivity index (χ2v) is 4.41. The summed E-state index contributed by atoms with van der Waals surface area (Å²) in [6.07, 6.45) is 0. The molecular formula is C15H16N2O3. The molecule has 5 nitrogen and oxygen atoms in total. The van der Waals surface area contributed by atoms with Crippen LogP contribution in [0.4, 0.5) is 11.4 Å². The SMILES string of the molecule is COCc1cccc(NCc2cccc([N+](=O)[O-])c2)c1. The van der Waals surface area contributed by atoms with E-state index >= 15 is 0 Å². The second-order valence-electron chi connectivity index (χ2n) is 4.41. The number of anilines is 1. The summed E-state index contributed by atoms with van der Waals surface area (Å²) in [6, 6.07) is 14.5. The van der Waals surface area contributed by atoms with Crippen molar-refractivity contribution in [1.82, 2.24) is 0 Å². The molecule has 0 atom stereocenters. The molecule has 0 saturated carbocycles. The summed E-state index contributed by atoms with van der Waals surface area (Å²) in [5.74, 6) is 0. The molecule has 5 heteroatoms. The van der Waals surface area contributed by atoms with Gasteiger partial charge in [0.15, 0.2) is 0 Å². The number of hydrogen-bond acceptors (Lipinski definition) is 4. The van der Waals surface area contributed by atoms with Gasteiger partial charge in [0.2, 0.25) is 0 Å². The van der Waals surface area contributed by atoms with Gasteiger partial charge >= 0.3 is 0 Å². The Bertz CT molecular complexity index is 599. The first-order valence-corrected chi connectivity index (χ1v) is 6.24. The van der Waals surface area contributed by atoms with Gasteiger partial charge in [-0.05, 0) is 23.3 Å². The largest absolute Gasteiger partial charge is 0.381 e. The molecule has 0 fully saturated rings. The molecule has 0 aliphatic rings. The third kappa shape index (κ3) is 3.80. The Balaban J connectivity index is 2.03. The maximum atomic E-state index is 10.7. The van der Waals surface area contributed by atoms with Crippen LogP contribution in [-0.2, 0) is 17.9 Å². The topological polar surface area (TPSA) is 64.4 Å². The third-order valence-corrected chi connectivity index (χ3v) is 2.86. The van der Waals surface area contributed by atoms with Crippen LogP contribution in [0.15, 0.2) is 48.5 Å². The van der Waals surface area contributed by atoms with Crippen molar-refractivity contribution in [2.75, 3.05) is 12.4 Å². The number of rotatable bonds is 6. The van der Waals surface area contributed by atoms with Crippen LogP contribution in [0, 0.1) is 10.1 Å². The van der Waals surface area contributed by atoms with E-state index in [1.54, 1.807) is 19.2 Å². The van der Waals surface area contributed by atoms with Gasteiger partial charge in [0.25, 0.3) is 5.69 Å². The molecule has 0 heterocycles. The fourth-order valence-electron chi connectivity index (χ4n) is 1.92. The number of non-ortho nitro benzene ring substituents is 1. The van der Waals surface area contributed by atoms with Gasteiger partial charge in [0.1, 0.15) is 0 Å². The van der Waals surface area contributed by atoms with E-state index in [0.717, 1.165) is 16.8 Å². The van der Waals surface area contributed by atoms with Gasteiger partial charge in [0.05, 0.1) is 11.5 Å². The van der Waals surface area contributed by atoms with Crippen molar-refractivity contribution in [2.45, 2.75) is 13.2 Å². The highest BCUT2D eigenvalue weighted by Gasteiger charge is 2.05. The van der Waals surface area contributed by atoms with Gasteiger partial charge in [-0.15, -0.1) is 0 Å². The van der Waals surface area contributed by atoms with Crippen molar-refractivity contribution in [3.8, 4) is 0 Å². The molecule has 0 unspecified atom stereocenters. The highest BCUT2D eigenvalue weighted by atomic mass is 16.6. The summed E-state index contributed by atoms with van der Waals surface area (Å²) in [5, 5.41) is 14.0. The highest BCUT2D eigenvalue weighted by molar-refractivity contribution is 5.46. The van der Waals surface area contributed by atoms with Crippen LogP contribution in [0.2, 0.25) is 0 Å². The minimum atomic E-state index is -0.386. The summed E-state index contributed by atoms with van der Waals surface area (Å²) in [7, 11) is 1.66. The van der Waals surface area contributed by atoms with E-state index in [1.165, 1.54) is 6.07 Å². The molecule has 0 aliphatic carbocycles. The zero-order valence-electron chi connectivity index (χ0n) is 11.2. The summed E-state index contributed by atoms with van der Waals surface area (Å²) in [4.78, 5) is 10.3. The Kier molecular flexibility index (Phi) is 4.68. The molecular weight excluding hydrogens is 256 g/mol. The van der Waals surface area contributed by atoms with Crippen molar-refractivity contribution in [2.24, 2.45) is 0 Å². The number of hydrogen-bond donors (Lipinski definition) is 1. The maximum Gasteiger partial charge on any atom is 0.269 e. The Hall–Kier alpha value is -2.40. The molecule has 1 N–H and O–H groups in total. The van der Waals surface area contributed by atoms with Gasteiger partial charge in [-0.2, -0.15) is 0 Å². The van der Waals surface area contributed by atoms with E-state index in [-0.39, 0.29) is 10.6 Å². The Labute approximate surface area is 117 Å². The summed E-state index contributed by atoms with van der Waals surface area (Å²) < 4.78 is 5.08. The average molecular weight is 272 g/mol. The smallest absolute Gasteiger partial charge is 0.269 e. The maximum absolute atomic E-state index is 10.7. The van der Waals surface area contributed by atoms with Crippen LogP contribution >= 0.6 is 0 Å². The molecule has 0 amide bonds. The first-order chi connectivity index (χ1) is 9.69. The normalized spacial score (nSPS) is 10.2. The summed E-state index contributed by atoms with van der Waals surface area (Å²) >= 11 is 0. The molecule has 104 valence electrons. The number of nitro benzene ring substituents is 1. The number of benzene rings is 2. The predicted octanol–water partition coefficient (Wildman–Crippen LogP) is 3.35. The first-order valence-electron chi connectivity index (χ1n) is 6.24. The number of ether oxygens (including phenoxy) is 1. The first kappa shape index (κ1) is 14.0. The average Bonchev–Trinajstić information content (AvgIpc) is 2.46. The summed E-state index contributed by atoms with van der Waals surface area (Å²) in [5.41, 5.74) is 3.02. The van der Waals surface area contributed by atoms with Crippen molar-refractivity contribution >= 4 is 11.4 Å². The predicted molar refractivity (Wildman–Crippen MR) is 77.6 cm³/mol. The molecule has 0 aromatic heterocycles. The molecule has 2 aromatic rings. The van der Waals surface area contributed by atoms with E-state index in [4.69, 9.17) is 4.74 Å². The number of nitro groups is 1. The zero-order chi connectivity index (χ0) is 14.4. The van der Waals surface area contributed by atoms with Gasteiger partial charge in [-0.25, -0.2) is 0 Å². The standard InChI is InChI=1S/C15H16N2O3/c1-20-11-13-5-2-6-14(8-13)16-10-12-4-3-7-15(9-12)17(18)19/h2-9,16H,10-11H2,1H3. The lowest BCUT2D eigenvalue weighted by Gasteiger charge is -2.08. The van der Waals surface area contributed by atoms with E-state index in [0.29, 0.717) is 13.2 Å². The molecule has 0 radical (unpaired) electrons. The van der Waals surface area contributed by atoms with Crippen LogP contribution in [-0.4, -0.2) is 12.0 Å². The second kappa shape index (κ2) is 6.68. The van der Waals surface area contributed by atoms with E-state index in [9.17, 15) is 10.1 Å². The fraction of sp³-hybridized carbons (Fsp3) is 0.200. The van der Waals surface area contributed by atoms with Gasteiger partial charge < -0.3 is 10.1 Å². The Morgan fingerprint density at radius 1 is 1.15 bits per heavy atom. The van der Waals surface area contributed by atoms with Gasteiger partial charge in [0, 0.05) is 31.5 Å². The molecule has 0 saturated heterocycles. The fourth-order valence-corrected chi connectivity index (χ4v) is 1.92. The number of nitrogens with zero attached hydrogens (tertiary/aromatic N) is 1. The van der Waals surface area contributed by atoms with E-state index < -0.39 is 0 Å². The number of methoxy groups -OCH3 is 1. The number of nitrogens with one attached hydrogen (secondary N) is 1. The van der Waals surface area contributed by atoms with Crippen LogP contribution in [0.1, 0.15) is 11.1 Å². The molecule has 2 rings (SSSR count). The lowest BCUT2D eigenvalue weighted by atomic mass is 10.2. The highest BCUT2D eigenvalue weighted by Crippen LogP contribution is 2.16. The van der Waals surface area contributed by atoms with Crippen molar-refractivity contribution in [3.63, 3.8) is 0 Å². The quantitative estimate of drug-likeness (QED) is 0.647. The Morgan fingerprint density at radius 3 is 2.65 bits per heavy atom. The lowest BCUT2D eigenvalue weighted by Crippen LogP contribution is -2.00. The zero-order valence-corrected chi connectivity index (χ0v) is 11.2. The molecule has 0 spiro atoms. The van der Waals surface area contributed by atoms with Crippen LogP contribution < -0.4 is 5.32 Å². The minimum absolute atomic E-state index is 0.109. The van der Waals surface area contributed by atoms with E-state index in [2.05, 4.69) is 5.32 Å².